The molecule has 4 heteroatoms. The molecule has 0 atom stereocenters. The minimum absolute atomic E-state index is 0.0297. The molecule has 4 nitrogen and oxygen atoms in total. The van der Waals surface area contributed by atoms with Gasteiger partial charge in [0.05, 0.1) is 6.61 Å². The Hall–Kier alpha value is -1.81. The number of carbonyl (C=O) groups is 1. The van der Waals surface area contributed by atoms with E-state index in [1.54, 1.807) is 0 Å². The van der Waals surface area contributed by atoms with Crippen LogP contribution in [0, 0.1) is 6.92 Å². The van der Waals surface area contributed by atoms with Gasteiger partial charge in [0, 0.05) is 22.2 Å². The molecule has 3 N–H and O–H groups in total. The molecule has 0 bridgehead atoms. The minimum atomic E-state index is -0.381. The van der Waals surface area contributed by atoms with Gasteiger partial charge in [-0.05, 0) is 13.0 Å². The normalized spacial score (nSPS) is 10.9. The number of nitrogens with zero attached hydrogens (tertiary/aromatic N) is 1. The zero-order chi connectivity index (χ0) is 11.7. The molecule has 0 radical (unpaired) electrons. The molecule has 1 amide bonds. The number of rotatable bonds is 3. The van der Waals surface area contributed by atoms with Gasteiger partial charge in [0.15, 0.2) is 0 Å². The second-order valence-electron chi connectivity index (χ2n) is 3.79. The molecule has 0 saturated heterocycles. The molecule has 84 valence electrons. The van der Waals surface area contributed by atoms with E-state index in [2.05, 4.69) is 0 Å². The monoisotopic (exact) mass is 218 g/mol. The highest BCUT2D eigenvalue weighted by molar-refractivity contribution is 5.87. The third-order valence-corrected chi connectivity index (χ3v) is 2.83. The van der Waals surface area contributed by atoms with Crippen molar-refractivity contribution in [1.29, 1.82) is 0 Å². The highest BCUT2D eigenvalue weighted by atomic mass is 16.3. The number of hydrogen-bond donors (Lipinski definition) is 2. The van der Waals surface area contributed by atoms with Crippen LogP contribution in [-0.4, -0.2) is 15.6 Å². The van der Waals surface area contributed by atoms with Crippen molar-refractivity contribution in [3.63, 3.8) is 0 Å². The summed E-state index contributed by atoms with van der Waals surface area (Å²) in [7, 11) is 0. The lowest BCUT2D eigenvalue weighted by atomic mass is 10.1. The number of nitrogens with two attached hydrogens (primary N) is 1. The molecule has 0 aliphatic rings. The predicted molar refractivity (Wildman–Crippen MR) is 61.8 cm³/mol. The maximum Gasteiger partial charge on any atom is 0.237 e. The van der Waals surface area contributed by atoms with Crippen molar-refractivity contribution >= 4 is 16.8 Å². The molecular weight excluding hydrogens is 204 g/mol. The largest absolute Gasteiger partial charge is 0.392 e. The number of benzene rings is 1. The van der Waals surface area contributed by atoms with Gasteiger partial charge in [0.25, 0.3) is 0 Å². The van der Waals surface area contributed by atoms with E-state index >= 15 is 0 Å². The summed E-state index contributed by atoms with van der Waals surface area (Å²) >= 11 is 0. The van der Waals surface area contributed by atoms with Gasteiger partial charge in [-0.2, -0.15) is 0 Å². The third kappa shape index (κ3) is 1.57. The zero-order valence-corrected chi connectivity index (χ0v) is 9.10. The number of primary amides is 1. The van der Waals surface area contributed by atoms with Gasteiger partial charge in [0.2, 0.25) is 5.91 Å². The Morgan fingerprint density at radius 3 is 2.75 bits per heavy atom. The second kappa shape index (κ2) is 3.98. The van der Waals surface area contributed by atoms with Crippen molar-refractivity contribution in [2.45, 2.75) is 20.1 Å². The number of para-hydroxylation sites is 1. The van der Waals surface area contributed by atoms with Gasteiger partial charge in [0.1, 0.15) is 6.54 Å². The molecule has 0 spiro atoms. The van der Waals surface area contributed by atoms with Gasteiger partial charge in [-0.25, -0.2) is 0 Å². The molecule has 0 fully saturated rings. The molecule has 1 aromatic heterocycles. The van der Waals surface area contributed by atoms with Crippen LogP contribution in [0.4, 0.5) is 0 Å². The quantitative estimate of drug-likeness (QED) is 0.804. The molecule has 0 saturated carbocycles. The van der Waals surface area contributed by atoms with Crippen LogP contribution in [-0.2, 0) is 17.9 Å². The van der Waals surface area contributed by atoms with Crippen molar-refractivity contribution in [3.8, 4) is 0 Å². The molecule has 16 heavy (non-hydrogen) atoms. The average molecular weight is 218 g/mol. The van der Waals surface area contributed by atoms with E-state index in [9.17, 15) is 9.90 Å². The van der Waals surface area contributed by atoms with Crippen LogP contribution in [0.3, 0.4) is 0 Å². The Morgan fingerprint density at radius 2 is 2.12 bits per heavy atom. The van der Waals surface area contributed by atoms with E-state index in [0.717, 1.165) is 22.2 Å². The highest BCUT2D eigenvalue weighted by Gasteiger charge is 2.13. The smallest absolute Gasteiger partial charge is 0.237 e. The molecule has 1 heterocycles. The number of aliphatic hydroxyl groups is 1. The summed E-state index contributed by atoms with van der Waals surface area (Å²) < 4.78 is 1.84. The van der Waals surface area contributed by atoms with Crippen molar-refractivity contribution < 1.29 is 9.90 Å². The topological polar surface area (TPSA) is 68.2 Å². The Kier molecular flexibility index (Phi) is 2.66. The van der Waals surface area contributed by atoms with E-state index < -0.39 is 0 Å². The Labute approximate surface area is 93.3 Å². The summed E-state index contributed by atoms with van der Waals surface area (Å²) in [6.07, 6.45) is 0. The number of hydrogen-bond acceptors (Lipinski definition) is 2. The van der Waals surface area contributed by atoms with E-state index in [1.807, 2.05) is 35.8 Å². The van der Waals surface area contributed by atoms with Crippen molar-refractivity contribution in [3.05, 3.63) is 35.5 Å². The molecule has 0 aliphatic heterocycles. The van der Waals surface area contributed by atoms with Crippen LogP contribution in [0.1, 0.15) is 11.3 Å². The first-order valence-electron chi connectivity index (χ1n) is 5.11. The number of aliphatic hydroxyl groups excluding tert-OH is 1. The Bertz CT molecular complexity index is 543. The molecule has 2 aromatic rings. The highest BCUT2D eigenvalue weighted by Crippen LogP contribution is 2.25. The van der Waals surface area contributed by atoms with Crippen LogP contribution in [0.5, 0.6) is 0 Å². The number of fused-ring (bicyclic) bond motifs is 1. The maximum absolute atomic E-state index is 11.0. The molecule has 2 rings (SSSR count). The van der Waals surface area contributed by atoms with Gasteiger partial charge < -0.3 is 15.4 Å². The third-order valence-electron chi connectivity index (χ3n) is 2.83. The summed E-state index contributed by atoms with van der Waals surface area (Å²) in [6.45, 7) is 2.00. The summed E-state index contributed by atoms with van der Waals surface area (Å²) in [5.74, 6) is -0.381. The molecular formula is C12H14N2O2. The maximum atomic E-state index is 11.0. The van der Waals surface area contributed by atoms with Gasteiger partial charge in [-0.3, -0.25) is 4.79 Å². The van der Waals surface area contributed by atoms with Gasteiger partial charge in [-0.15, -0.1) is 0 Å². The number of carbonyl (C=O) groups excluding carboxylic acids is 1. The Balaban J connectivity index is 2.71. The van der Waals surface area contributed by atoms with Crippen LogP contribution in [0.25, 0.3) is 10.9 Å². The van der Waals surface area contributed by atoms with Gasteiger partial charge in [-0.1, -0.05) is 18.2 Å². The number of amides is 1. The summed E-state index contributed by atoms with van der Waals surface area (Å²) in [4.78, 5) is 11.0. The van der Waals surface area contributed by atoms with E-state index in [0.29, 0.717) is 0 Å². The Morgan fingerprint density at radius 1 is 1.44 bits per heavy atom. The van der Waals surface area contributed by atoms with Crippen LogP contribution >= 0.6 is 0 Å². The predicted octanol–water partition coefficient (Wildman–Crippen LogP) is 0.927. The molecule has 0 unspecified atom stereocenters. The van der Waals surface area contributed by atoms with E-state index in [4.69, 9.17) is 5.73 Å². The van der Waals surface area contributed by atoms with Crippen molar-refractivity contribution in [2.75, 3.05) is 0 Å². The molecule has 0 aliphatic carbocycles. The van der Waals surface area contributed by atoms with Crippen LogP contribution in [0.2, 0.25) is 0 Å². The van der Waals surface area contributed by atoms with Gasteiger partial charge >= 0.3 is 0 Å². The first kappa shape index (κ1) is 10.7. The SMILES string of the molecule is Cc1c(CO)c2ccccc2n1CC(N)=O. The zero-order valence-electron chi connectivity index (χ0n) is 9.10. The lowest BCUT2D eigenvalue weighted by Gasteiger charge is -2.05. The summed E-state index contributed by atoms with van der Waals surface area (Å²) in [5.41, 5.74) is 7.90. The van der Waals surface area contributed by atoms with E-state index in [1.165, 1.54) is 0 Å². The second-order valence-corrected chi connectivity index (χ2v) is 3.79. The minimum Gasteiger partial charge on any atom is -0.392 e. The summed E-state index contributed by atoms with van der Waals surface area (Å²) in [5, 5.41) is 10.3. The van der Waals surface area contributed by atoms with Crippen molar-refractivity contribution in [1.82, 2.24) is 4.57 Å². The standard InChI is InChI=1S/C12H14N2O2/c1-8-10(7-15)9-4-2-3-5-11(9)14(8)6-12(13)16/h2-5,15H,6-7H2,1H3,(H2,13,16). The fourth-order valence-electron chi connectivity index (χ4n) is 2.06. The van der Waals surface area contributed by atoms with Crippen LogP contribution in [0.15, 0.2) is 24.3 Å². The first-order chi connectivity index (χ1) is 7.65. The fraction of sp³-hybridized carbons (Fsp3) is 0.250. The van der Waals surface area contributed by atoms with E-state index in [-0.39, 0.29) is 19.1 Å². The lowest BCUT2D eigenvalue weighted by Crippen LogP contribution is -2.19. The summed E-state index contributed by atoms with van der Waals surface area (Å²) in [6, 6.07) is 7.67. The average Bonchev–Trinajstić information content (AvgIpc) is 2.52. The lowest BCUT2D eigenvalue weighted by molar-refractivity contribution is -0.118. The first-order valence-corrected chi connectivity index (χ1v) is 5.11. The molecule has 1 aromatic carbocycles. The fourth-order valence-corrected chi connectivity index (χ4v) is 2.06. The number of aromatic nitrogens is 1. The van der Waals surface area contributed by atoms with Crippen molar-refractivity contribution in [2.24, 2.45) is 5.73 Å². The van der Waals surface area contributed by atoms with Crippen LogP contribution < -0.4 is 5.73 Å².